The van der Waals surface area contributed by atoms with Gasteiger partial charge in [-0.2, -0.15) is 5.10 Å². The van der Waals surface area contributed by atoms with Gasteiger partial charge in [-0.25, -0.2) is 5.01 Å². The van der Waals surface area contributed by atoms with Gasteiger partial charge in [0.25, 0.3) is 5.91 Å². The van der Waals surface area contributed by atoms with Crippen molar-refractivity contribution in [2.24, 2.45) is 16.9 Å². The third-order valence-corrected chi connectivity index (χ3v) is 9.52. The number of allylic oxidation sites excluding steroid dienone is 2. The molecule has 3 aliphatic rings. The van der Waals surface area contributed by atoms with Crippen LogP contribution in [-0.4, -0.2) is 53.1 Å². The molecule has 2 aliphatic carbocycles. The Morgan fingerprint density at radius 2 is 1.73 bits per heavy atom. The minimum absolute atomic E-state index is 0.0556. The van der Waals surface area contributed by atoms with Gasteiger partial charge in [0.1, 0.15) is 5.76 Å². The van der Waals surface area contributed by atoms with E-state index in [0.29, 0.717) is 48.2 Å². The molecular formula is C36H52N4O4. The van der Waals surface area contributed by atoms with Crippen LogP contribution in [0.2, 0.25) is 0 Å². The minimum Gasteiger partial charge on any atom is -0.506 e. The Balaban J connectivity index is 1.70. The first-order chi connectivity index (χ1) is 21.3. The normalized spacial score (nSPS) is 19.5. The molecule has 0 saturated heterocycles. The minimum atomic E-state index is -0.378. The molecule has 1 aliphatic heterocycles. The van der Waals surface area contributed by atoms with Crippen LogP contribution in [0, 0.1) is 11.8 Å². The lowest BCUT2D eigenvalue weighted by Gasteiger charge is -2.27. The summed E-state index contributed by atoms with van der Waals surface area (Å²) in [5, 5.41) is 20.7. The fraction of sp³-hybridized carbons (Fsp3) is 0.611. The van der Waals surface area contributed by atoms with Crippen LogP contribution >= 0.6 is 0 Å². The number of benzene rings is 1. The van der Waals surface area contributed by atoms with Crippen LogP contribution in [0.3, 0.4) is 0 Å². The number of aliphatic hydroxyl groups excluding tert-OH is 1. The zero-order valence-electron chi connectivity index (χ0n) is 27.5. The SMILES string of the molecule is CCCCC1=NN(CC(CC)CCCC)C(=O)/C1=C1/C(=O)C(c2ccc(N(CC)CC)cc2NC(=O)CC2CCCC2)=C1O. The van der Waals surface area contributed by atoms with Crippen LogP contribution in [0.5, 0.6) is 0 Å². The molecular weight excluding hydrogens is 552 g/mol. The van der Waals surface area contributed by atoms with Gasteiger partial charge in [-0.15, -0.1) is 0 Å². The highest BCUT2D eigenvalue weighted by Gasteiger charge is 2.44. The maximum absolute atomic E-state index is 13.9. The Labute approximate surface area is 263 Å². The number of anilines is 2. The first-order valence-electron chi connectivity index (χ1n) is 17.1. The largest absolute Gasteiger partial charge is 0.506 e. The highest BCUT2D eigenvalue weighted by atomic mass is 16.3. The Bertz CT molecular complexity index is 1320. The summed E-state index contributed by atoms with van der Waals surface area (Å²) in [5.74, 6) is -0.242. The number of amides is 2. The maximum atomic E-state index is 13.9. The fourth-order valence-electron chi connectivity index (χ4n) is 6.75. The van der Waals surface area contributed by atoms with Gasteiger partial charge in [0.05, 0.1) is 28.1 Å². The summed E-state index contributed by atoms with van der Waals surface area (Å²) in [6.07, 6.45) is 11.4. The van der Waals surface area contributed by atoms with Crippen LogP contribution in [0.4, 0.5) is 11.4 Å². The summed E-state index contributed by atoms with van der Waals surface area (Å²) >= 11 is 0. The van der Waals surface area contributed by atoms with Gasteiger partial charge in [0.15, 0.2) is 0 Å². The third-order valence-electron chi connectivity index (χ3n) is 9.52. The van der Waals surface area contributed by atoms with Crippen LogP contribution in [0.1, 0.15) is 117 Å². The van der Waals surface area contributed by atoms with E-state index < -0.39 is 0 Å². The first kappa shape index (κ1) is 33.5. The van der Waals surface area contributed by atoms with Gasteiger partial charge >= 0.3 is 0 Å². The molecule has 1 atom stereocenters. The van der Waals surface area contributed by atoms with E-state index in [-0.39, 0.29) is 40.1 Å². The highest BCUT2D eigenvalue weighted by molar-refractivity contribution is 6.44. The van der Waals surface area contributed by atoms with Gasteiger partial charge in [-0.05, 0) is 76.0 Å². The molecule has 44 heavy (non-hydrogen) atoms. The van der Waals surface area contributed by atoms with Crippen molar-refractivity contribution in [1.29, 1.82) is 0 Å². The second-order valence-electron chi connectivity index (χ2n) is 12.6. The second kappa shape index (κ2) is 15.5. The molecule has 1 heterocycles. The molecule has 0 bridgehead atoms. The van der Waals surface area contributed by atoms with Crippen molar-refractivity contribution in [2.45, 2.75) is 112 Å². The Hall–Kier alpha value is -3.42. The number of aliphatic hydroxyl groups is 1. The van der Waals surface area contributed by atoms with E-state index in [9.17, 15) is 19.5 Å². The first-order valence-corrected chi connectivity index (χ1v) is 17.1. The number of rotatable bonds is 16. The number of carbonyl (C=O) groups is 3. The number of hydrogen-bond acceptors (Lipinski definition) is 6. The van der Waals surface area contributed by atoms with Gasteiger partial charge in [0, 0.05) is 37.3 Å². The lowest BCUT2D eigenvalue weighted by atomic mass is 9.78. The van der Waals surface area contributed by atoms with Crippen molar-refractivity contribution < 1.29 is 19.5 Å². The fourth-order valence-corrected chi connectivity index (χ4v) is 6.75. The maximum Gasteiger partial charge on any atom is 0.276 e. The van der Waals surface area contributed by atoms with Crippen LogP contribution in [0.15, 0.2) is 40.2 Å². The van der Waals surface area contributed by atoms with E-state index in [2.05, 4.69) is 44.8 Å². The van der Waals surface area contributed by atoms with Crippen molar-refractivity contribution in [3.05, 3.63) is 40.7 Å². The number of hydrazone groups is 1. The quantitative estimate of drug-likeness (QED) is 0.187. The molecule has 0 aromatic heterocycles. The zero-order valence-corrected chi connectivity index (χ0v) is 27.5. The standard InChI is InChI=1S/C36H52N4O4/c1-6-11-15-24(8-3)23-40-36(44)32(28(38-40)18-12-7-2)33-34(42)31(35(33)43)27-20-19-26(39(9-4)10-5)22-29(27)37-30(41)21-25-16-13-14-17-25/h19-20,22,24-25,42H,6-18,21,23H2,1-5H3,(H,37,41)/b33-32+. The molecule has 8 heteroatoms. The highest BCUT2D eigenvalue weighted by Crippen LogP contribution is 2.43. The van der Waals surface area contributed by atoms with E-state index >= 15 is 0 Å². The number of ketones is 1. The number of carbonyl (C=O) groups excluding carboxylic acids is 3. The molecule has 4 rings (SSSR count). The summed E-state index contributed by atoms with van der Waals surface area (Å²) in [6, 6.07) is 5.62. The van der Waals surface area contributed by atoms with Crippen LogP contribution in [-0.2, 0) is 14.4 Å². The van der Waals surface area contributed by atoms with E-state index in [1.165, 1.54) is 5.01 Å². The number of unbranched alkanes of at least 4 members (excludes halogenated alkanes) is 2. The van der Waals surface area contributed by atoms with E-state index in [0.717, 1.165) is 83.0 Å². The van der Waals surface area contributed by atoms with Gasteiger partial charge in [-0.3, -0.25) is 14.4 Å². The van der Waals surface area contributed by atoms with Gasteiger partial charge in [-0.1, -0.05) is 59.3 Å². The molecule has 1 unspecified atom stereocenters. The molecule has 1 aromatic rings. The number of nitrogens with one attached hydrogen (secondary N) is 1. The third kappa shape index (κ3) is 7.27. The van der Waals surface area contributed by atoms with Crippen molar-refractivity contribution >= 4 is 40.3 Å². The molecule has 8 nitrogen and oxygen atoms in total. The molecule has 1 saturated carbocycles. The van der Waals surface area contributed by atoms with Crippen LogP contribution in [0.25, 0.3) is 5.57 Å². The predicted molar refractivity (Wildman–Crippen MR) is 179 cm³/mol. The van der Waals surface area contributed by atoms with Crippen molar-refractivity contribution in [3.8, 4) is 0 Å². The average Bonchev–Trinajstić information content (AvgIpc) is 3.63. The summed E-state index contributed by atoms with van der Waals surface area (Å²) in [5.41, 5.74) is 2.94. The van der Waals surface area contributed by atoms with Gasteiger partial charge in [0.2, 0.25) is 11.7 Å². The van der Waals surface area contributed by atoms with Crippen molar-refractivity contribution in [1.82, 2.24) is 5.01 Å². The lowest BCUT2D eigenvalue weighted by Crippen LogP contribution is -2.32. The smallest absolute Gasteiger partial charge is 0.276 e. The van der Waals surface area contributed by atoms with Gasteiger partial charge < -0.3 is 15.3 Å². The summed E-state index contributed by atoms with van der Waals surface area (Å²) < 4.78 is 0. The zero-order chi connectivity index (χ0) is 31.8. The molecule has 1 fully saturated rings. The monoisotopic (exact) mass is 604 g/mol. The Kier molecular flexibility index (Phi) is 11.8. The van der Waals surface area contributed by atoms with E-state index in [1.807, 2.05) is 12.1 Å². The molecule has 2 amide bonds. The molecule has 0 spiro atoms. The lowest BCUT2D eigenvalue weighted by molar-refractivity contribution is -0.126. The Morgan fingerprint density at radius 3 is 2.34 bits per heavy atom. The number of hydrogen-bond donors (Lipinski definition) is 2. The molecule has 240 valence electrons. The van der Waals surface area contributed by atoms with E-state index in [1.54, 1.807) is 6.07 Å². The molecule has 2 N–H and O–H groups in total. The topological polar surface area (TPSA) is 102 Å². The number of Topliss-reactive ketones (excluding diaryl/α,β-unsaturated/α-hetero) is 1. The second-order valence-corrected chi connectivity index (χ2v) is 12.6. The predicted octanol–water partition coefficient (Wildman–Crippen LogP) is 7.80. The molecule has 0 radical (unpaired) electrons. The average molecular weight is 605 g/mol. The summed E-state index contributed by atoms with van der Waals surface area (Å²) in [4.78, 5) is 42.9. The summed E-state index contributed by atoms with van der Waals surface area (Å²) in [6.45, 7) is 12.6. The van der Waals surface area contributed by atoms with Crippen LogP contribution < -0.4 is 10.2 Å². The Morgan fingerprint density at radius 1 is 1.02 bits per heavy atom. The van der Waals surface area contributed by atoms with Crippen molar-refractivity contribution in [2.75, 3.05) is 29.9 Å². The van der Waals surface area contributed by atoms with E-state index in [4.69, 9.17) is 5.10 Å². The van der Waals surface area contributed by atoms with Crippen molar-refractivity contribution in [3.63, 3.8) is 0 Å². The summed E-state index contributed by atoms with van der Waals surface area (Å²) in [7, 11) is 0. The molecule has 1 aromatic carbocycles. The number of nitrogens with zero attached hydrogens (tertiary/aromatic N) is 3.